The molecule has 2 N–H and O–H groups in total. The van der Waals surface area contributed by atoms with Crippen molar-refractivity contribution in [2.45, 2.75) is 18.4 Å². The summed E-state index contributed by atoms with van der Waals surface area (Å²) in [4.78, 5) is 20.5. The van der Waals surface area contributed by atoms with Gasteiger partial charge >= 0.3 is 0 Å². The number of amides is 1. The quantitative estimate of drug-likeness (QED) is 0.692. The van der Waals surface area contributed by atoms with E-state index in [0.717, 1.165) is 10.9 Å². The first-order valence-corrected chi connectivity index (χ1v) is 9.29. The van der Waals surface area contributed by atoms with E-state index >= 15 is 0 Å². The van der Waals surface area contributed by atoms with Crippen LogP contribution in [0.4, 0.5) is 0 Å². The Bertz CT molecular complexity index is 1070. The molecule has 0 atom stereocenters. The minimum atomic E-state index is -3.78. The fourth-order valence-electron chi connectivity index (χ4n) is 2.63. The van der Waals surface area contributed by atoms with E-state index in [1.54, 1.807) is 26.4 Å². The molecule has 138 valence electrons. The number of H-pyrrole nitrogens is 2. The summed E-state index contributed by atoms with van der Waals surface area (Å²) < 4.78 is 27.2. The van der Waals surface area contributed by atoms with Gasteiger partial charge in [-0.05, 0) is 24.6 Å². The van der Waals surface area contributed by atoms with Crippen molar-refractivity contribution in [1.29, 1.82) is 0 Å². The van der Waals surface area contributed by atoms with Crippen molar-refractivity contribution in [2.75, 3.05) is 21.1 Å². The second-order valence-electron chi connectivity index (χ2n) is 6.30. The van der Waals surface area contributed by atoms with Gasteiger partial charge in [-0.15, -0.1) is 0 Å². The van der Waals surface area contributed by atoms with Gasteiger partial charge in [0.1, 0.15) is 16.4 Å². The molecule has 0 radical (unpaired) electrons. The Labute approximate surface area is 151 Å². The van der Waals surface area contributed by atoms with Crippen LogP contribution >= 0.6 is 0 Å². The van der Waals surface area contributed by atoms with Gasteiger partial charge in [0.2, 0.25) is 10.0 Å². The van der Waals surface area contributed by atoms with Gasteiger partial charge in [0.25, 0.3) is 5.91 Å². The number of carbonyl (C=O) groups is 1. The second-order valence-corrected chi connectivity index (χ2v) is 8.31. The first kappa shape index (κ1) is 18.1. The molecular weight excluding hydrogens is 356 g/mol. The van der Waals surface area contributed by atoms with Crippen molar-refractivity contribution in [1.82, 2.24) is 29.4 Å². The van der Waals surface area contributed by atoms with Crippen LogP contribution in [0.2, 0.25) is 0 Å². The van der Waals surface area contributed by atoms with Crippen LogP contribution in [0.15, 0.2) is 29.4 Å². The topological polar surface area (TPSA) is 115 Å². The van der Waals surface area contributed by atoms with E-state index in [4.69, 9.17) is 0 Å². The fraction of sp³-hybridized carbons (Fsp3) is 0.312. The minimum absolute atomic E-state index is 0.00656. The van der Waals surface area contributed by atoms with Crippen molar-refractivity contribution >= 4 is 26.8 Å². The number of rotatable bonds is 5. The molecule has 3 aromatic rings. The van der Waals surface area contributed by atoms with E-state index in [-0.39, 0.29) is 17.3 Å². The Balaban J connectivity index is 1.90. The maximum absolute atomic E-state index is 13.0. The SMILES string of the molecule is Cc1cc(S(=O)(=O)N(C)Cc2ncc(C(=O)N(C)C)[nH]2)c2[nH]ncc2c1. The maximum atomic E-state index is 13.0. The van der Waals surface area contributed by atoms with Crippen molar-refractivity contribution < 1.29 is 13.2 Å². The summed E-state index contributed by atoms with van der Waals surface area (Å²) >= 11 is 0. The number of nitrogens with zero attached hydrogens (tertiary/aromatic N) is 4. The van der Waals surface area contributed by atoms with E-state index in [1.807, 2.05) is 13.0 Å². The third kappa shape index (κ3) is 3.20. The van der Waals surface area contributed by atoms with Gasteiger partial charge in [-0.2, -0.15) is 9.40 Å². The Hall–Kier alpha value is -2.72. The number of nitrogens with one attached hydrogen (secondary N) is 2. The van der Waals surface area contributed by atoms with E-state index in [9.17, 15) is 13.2 Å². The molecule has 0 saturated carbocycles. The predicted molar refractivity (Wildman–Crippen MR) is 96.1 cm³/mol. The van der Waals surface area contributed by atoms with Crippen molar-refractivity contribution in [3.8, 4) is 0 Å². The highest BCUT2D eigenvalue weighted by atomic mass is 32.2. The monoisotopic (exact) mass is 376 g/mol. The number of sulfonamides is 1. The molecule has 0 saturated heterocycles. The van der Waals surface area contributed by atoms with E-state index in [0.29, 0.717) is 17.0 Å². The molecule has 26 heavy (non-hydrogen) atoms. The van der Waals surface area contributed by atoms with Gasteiger partial charge in [-0.25, -0.2) is 13.4 Å². The van der Waals surface area contributed by atoms with Crippen LogP contribution in [0.5, 0.6) is 0 Å². The molecule has 0 aliphatic carbocycles. The van der Waals surface area contributed by atoms with Crippen molar-refractivity contribution in [2.24, 2.45) is 0 Å². The lowest BCUT2D eigenvalue weighted by Crippen LogP contribution is -2.27. The third-order valence-electron chi connectivity index (χ3n) is 3.98. The summed E-state index contributed by atoms with van der Waals surface area (Å²) in [5, 5.41) is 7.40. The molecule has 0 aliphatic rings. The summed E-state index contributed by atoms with van der Waals surface area (Å²) in [6, 6.07) is 3.47. The number of hydrogen-bond donors (Lipinski definition) is 2. The van der Waals surface area contributed by atoms with Gasteiger partial charge in [-0.3, -0.25) is 9.89 Å². The highest BCUT2D eigenvalue weighted by molar-refractivity contribution is 7.89. The van der Waals surface area contributed by atoms with E-state index in [1.165, 1.54) is 22.4 Å². The van der Waals surface area contributed by atoms with Gasteiger partial charge in [0.15, 0.2) is 0 Å². The Morgan fingerprint density at radius 1 is 1.19 bits per heavy atom. The van der Waals surface area contributed by atoms with Crippen molar-refractivity contribution in [3.63, 3.8) is 0 Å². The molecule has 1 amide bonds. The standard InChI is InChI=1S/C16H20N6O3S/c1-10-5-11-7-18-20-15(11)13(6-10)26(24,25)22(4)9-14-17-8-12(19-14)16(23)21(2)3/h5-8H,9H2,1-4H3,(H,17,19)(H,18,20). The summed E-state index contributed by atoms with van der Waals surface area (Å²) in [6.45, 7) is 1.84. The second kappa shape index (κ2) is 6.54. The lowest BCUT2D eigenvalue weighted by molar-refractivity contribution is 0.0822. The van der Waals surface area contributed by atoms with Crippen LogP contribution < -0.4 is 0 Å². The molecule has 9 nitrogen and oxygen atoms in total. The van der Waals surface area contributed by atoms with Gasteiger partial charge in [-0.1, -0.05) is 0 Å². The molecule has 0 unspecified atom stereocenters. The smallest absolute Gasteiger partial charge is 0.271 e. The fourth-order valence-corrected chi connectivity index (χ4v) is 4.01. The molecule has 2 heterocycles. The number of fused-ring (bicyclic) bond motifs is 1. The number of imidazole rings is 1. The Kier molecular flexibility index (Phi) is 4.55. The van der Waals surface area contributed by atoms with Crippen molar-refractivity contribution in [3.05, 3.63) is 41.6 Å². The lowest BCUT2D eigenvalue weighted by atomic mass is 10.2. The summed E-state index contributed by atoms with van der Waals surface area (Å²) in [5.74, 6) is 0.155. The van der Waals surface area contributed by atoms with Crippen LogP contribution in [0, 0.1) is 6.92 Å². The zero-order valence-corrected chi connectivity index (χ0v) is 15.8. The number of carbonyl (C=O) groups excluding carboxylic acids is 1. The Morgan fingerprint density at radius 3 is 2.62 bits per heavy atom. The molecule has 0 fully saturated rings. The largest absolute Gasteiger partial charge is 0.343 e. The zero-order valence-electron chi connectivity index (χ0n) is 14.9. The molecule has 0 bridgehead atoms. The van der Waals surface area contributed by atoms with Gasteiger partial charge < -0.3 is 9.88 Å². The first-order chi connectivity index (χ1) is 12.2. The van der Waals surface area contributed by atoms with Crippen LogP contribution in [0.1, 0.15) is 21.9 Å². The minimum Gasteiger partial charge on any atom is -0.343 e. The molecular formula is C16H20N6O3S. The number of benzene rings is 1. The van der Waals surface area contributed by atoms with Gasteiger partial charge in [0.05, 0.1) is 24.5 Å². The first-order valence-electron chi connectivity index (χ1n) is 7.85. The number of aromatic nitrogens is 4. The average Bonchev–Trinajstić information content (AvgIpc) is 3.22. The molecule has 10 heteroatoms. The van der Waals surface area contributed by atoms with E-state index < -0.39 is 10.0 Å². The third-order valence-corrected chi connectivity index (χ3v) is 5.81. The summed E-state index contributed by atoms with van der Waals surface area (Å²) in [7, 11) is 0.955. The molecule has 3 rings (SSSR count). The maximum Gasteiger partial charge on any atom is 0.271 e. The van der Waals surface area contributed by atoms with Gasteiger partial charge in [0, 0.05) is 26.5 Å². The molecule has 1 aromatic carbocycles. The number of hydrogen-bond acceptors (Lipinski definition) is 5. The normalized spacial score (nSPS) is 12.0. The predicted octanol–water partition coefficient (Wildman–Crippen LogP) is 1.12. The molecule has 2 aromatic heterocycles. The zero-order chi connectivity index (χ0) is 19.1. The van der Waals surface area contributed by atoms with Crippen LogP contribution in [0.25, 0.3) is 10.9 Å². The summed E-state index contributed by atoms with van der Waals surface area (Å²) in [5.41, 5.74) is 1.59. The molecule has 0 spiro atoms. The van der Waals surface area contributed by atoms with Crippen LogP contribution in [-0.4, -0.2) is 64.8 Å². The van der Waals surface area contributed by atoms with Crippen LogP contribution in [-0.2, 0) is 16.6 Å². The van der Waals surface area contributed by atoms with E-state index in [2.05, 4.69) is 20.2 Å². The Morgan fingerprint density at radius 2 is 1.92 bits per heavy atom. The molecule has 0 aliphatic heterocycles. The highest BCUT2D eigenvalue weighted by Crippen LogP contribution is 2.25. The number of aryl methyl sites for hydroxylation is 1. The van der Waals surface area contributed by atoms with Crippen LogP contribution in [0.3, 0.4) is 0 Å². The lowest BCUT2D eigenvalue weighted by Gasteiger charge is -2.17. The number of aromatic amines is 2. The highest BCUT2D eigenvalue weighted by Gasteiger charge is 2.25. The summed E-state index contributed by atoms with van der Waals surface area (Å²) in [6.07, 6.45) is 2.99. The average molecular weight is 376 g/mol.